The molecule has 2 aromatic rings. The molecule has 0 saturated heterocycles. The number of carbonyl (C=O) groups is 3. The van der Waals surface area contributed by atoms with Crippen molar-refractivity contribution in [2.75, 3.05) is 0 Å². The van der Waals surface area contributed by atoms with Gasteiger partial charge < -0.3 is 15.5 Å². The monoisotopic (exact) mass is 397 g/mol. The second-order valence-electron chi connectivity index (χ2n) is 7.25. The van der Waals surface area contributed by atoms with Crippen molar-refractivity contribution in [1.29, 1.82) is 0 Å². The van der Waals surface area contributed by atoms with E-state index in [1.807, 2.05) is 54.6 Å². The molecule has 0 fully saturated rings. The molecule has 0 aliphatic carbocycles. The number of hydrogen-bond donors (Lipinski definition) is 3. The maximum atomic E-state index is 12.2. The van der Waals surface area contributed by atoms with E-state index in [-0.39, 0.29) is 31.2 Å². The van der Waals surface area contributed by atoms with Crippen molar-refractivity contribution in [3.63, 3.8) is 0 Å². The van der Waals surface area contributed by atoms with E-state index < -0.39 is 17.9 Å². The number of aliphatic carboxylic acids is 2. The third kappa shape index (κ3) is 7.78. The van der Waals surface area contributed by atoms with Gasteiger partial charge in [-0.05, 0) is 36.0 Å². The number of carboxylic acids is 2. The fraction of sp³-hybridized carbons (Fsp3) is 0.348. The van der Waals surface area contributed by atoms with Crippen LogP contribution in [0.25, 0.3) is 11.1 Å². The molecular formula is C23H27NO5. The Bertz CT molecular complexity index is 817. The van der Waals surface area contributed by atoms with Crippen LogP contribution in [0.4, 0.5) is 0 Å². The summed E-state index contributed by atoms with van der Waals surface area (Å²) < 4.78 is 0. The molecule has 0 saturated carbocycles. The standard InChI is InChI=1S/C23H27NO5/c1-16(23(28)29)14-20(24-21(25)8-5-9-22(26)27)15-17-10-12-19(13-11-17)18-6-3-2-4-7-18/h2-4,6-7,10-13,16,20H,5,8-9,14-15H2,1H3,(H,24,25)(H,26,27)(H,28,29)/t16-,20+/m1/s1. The van der Waals surface area contributed by atoms with E-state index in [4.69, 9.17) is 5.11 Å². The third-order valence-corrected chi connectivity index (χ3v) is 4.76. The lowest BCUT2D eigenvalue weighted by Gasteiger charge is -2.21. The number of benzene rings is 2. The predicted octanol–water partition coefficient (Wildman–Crippen LogP) is 3.75. The molecule has 2 rings (SSSR count). The van der Waals surface area contributed by atoms with Crippen molar-refractivity contribution in [2.24, 2.45) is 5.92 Å². The molecule has 3 N–H and O–H groups in total. The summed E-state index contributed by atoms with van der Waals surface area (Å²) >= 11 is 0. The largest absolute Gasteiger partial charge is 0.481 e. The van der Waals surface area contributed by atoms with Gasteiger partial charge in [-0.1, -0.05) is 61.5 Å². The number of hydrogen-bond acceptors (Lipinski definition) is 3. The Morgan fingerprint density at radius 2 is 1.52 bits per heavy atom. The quantitative estimate of drug-likeness (QED) is 0.536. The Hall–Kier alpha value is -3.15. The van der Waals surface area contributed by atoms with Crippen molar-refractivity contribution >= 4 is 17.8 Å². The average molecular weight is 397 g/mol. The van der Waals surface area contributed by atoms with Gasteiger partial charge in [0.05, 0.1) is 5.92 Å². The zero-order valence-corrected chi connectivity index (χ0v) is 16.5. The smallest absolute Gasteiger partial charge is 0.306 e. The Labute approximate surface area is 170 Å². The van der Waals surface area contributed by atoms with Gasteiger partial charge in [0, 0.05) is 18.9 Å². The van der Waals surface area contributed by atoms with Gasteiger partial charge in [-0.3, -0.25) is 14.4 Å². The number of carbonyl (C=O) groups excluding carboxylic acids is 1. The summed E-state index contributed by atoms with van der Waals surface area (Å²) in [6.07, 6.45) is 1.12. The van der Waals surface area contributed by atoms with Gasteiger partial charge in [0.2, 0.25) is 5.91 Å². The van der Waals surface area contributed by atoms with Gasteiger partial charge in [0.25, 0.3) is 0 Å². The van der Waals surface area contributed by atoms with E-state index in [0.717, 1.165) is 16.7 Å². The topological polar surface area (TPSA) is 104 Å². The van der Waals surface area contributed by atoms with Gasteiger partial charge in [0.1, 0.15) is 0 Å². The molecule has 0 spiro atoms. The molecule has 0 aliphatic heterocycles. The predicted molar refractivity (Wildman–Crippen MR) is 110 cm³/mol. The normalized spacial score (nSPS) is 12.7. The highest BCUT2D eigenvalue weighted by Gasteiger charge is 2.20. The summed E-state index contributed by atoms with van der Waals surface area (Å²) in [5.41, 5.74) is 3.20. The van der Waals surface area contributed by atoms with Gasteiger partial charge in [-0.25, -0.2) is 0 Å². The van der Waals surface area contributed by atoms with Crippen LogP contribution in [-0.4, -0.2) is 34.1 Å². The average Bonchev–Trinajstić information content (AvgIpc) is 2.68. The van der Waals surface area contributed by atoms with E-state index in [0.29, 0.717) is 12.8 Å². The molecule has 0 bridgehead atoms. The molecule has 1 amide bonds. The highest BCUT2D eigenvalue weighted by Crippen LogP contribution is 2.20. The SMILES string of the molecule is C[C@H](C[C@@H](Cc1ccc(-c2ccccc2)cc1)NC(=O)CCCC(=O)O)C(=O)O. The molecule has 0 radical (unpaired) electrons. The summed E-state index contributed by atoms with van der Waals surface area (Å²) in [5.74, 6) is -2.69. The molecule has 154 valence electrons. The van der Waals surface area contributed by atoms with Crippen LogP contribution >= 0.6 is 0 Å². The molecule has 0 heterocycles. The van der Waals surface area contributed by atoms with E-state index in [1.54, 1.807) is 6.92 Å². The summed E-state index contributed by atoms with van der Waals surface area (Å²) in [4.78, 5) is 34.0. The second kappa shape index (κ2) is 11.0. The van der Waals surface area contributed by atoms with Crippen LogP contribution in [0, 0.1) is 5.92 Å². The highest BCUT2D eigenvalue weighted by atomic mass is 16.4. The summed E-state index contributed by atoms with van der Waals surface area (Å²) in [6, 6.07) is 17.6. The molecule has 6 nitrogen and oxygen atoms in total. The lowest BCUT2D eigenvalue weighted by Crippen LogP contribution is -2.38. The summed E-state index contributed by atoms with van der Waals surface area (Å²) in [7, 11) is 0. The van der Waals surface area contributed by atoms with E-state index in [2.05, 4.69) is 5.32 Å². The van der Waals surface area contributed by atoms with Gasteiger partial charge in [-0.15, -0.1) is 0 Å². The lowest BCUT2D eigenvalue weighted by atomic mass is 9.94. The van der Waals surface area contributed by atoms with E-state index >= 15 is 0 Å². The first-order valence-corrected chi connectivity index (χ1v) is 9.73. The molecular weight excluding hydrogens is 370 g/mol. The first kappa shape index (κ1) is 22.1. The minimum absolute atomic E-state index is 0.0649. The number of rotatable bonds is 11. The molecule has 0 unspecified atom stereocenters. The Balaban J connectivity index is 2.03. The van der Waals surface area contributed by atoms with Gasteiger partial charge in [0.15, 0.2) is 0 Å². The maximum Gasteiger partial charge on any atom is 0.306 e. The van der Waals surface area contributed by atoms with Gasteiger partial charge in [-0.2, -0.15) is 0 Å². The molecule has 6 heteroatoms. The number of nitrogens with one attached hydrogen (secondary N) is 1. The van der Waals surface area contributed by atoms with Crippen LogP contribution in [0.1, 0.15) is 38.2 Å². The fourth-order valence-corrected chi connectivity index (χ4v) is 3.17. The first-order valence-electron chi connectivity index (χ1n) is 9.73. The second-order valence-corrected chi connectivity index (χ2v) is 7.25. The molecule has 2 aromatic carbocycles. The van der Waals surface area contributed by atoms with Crippen molar-refractivity contribution in [2.45, 2.75) is 45.1 Å². The summed E-state index contributed by atoms with van der Waals surface area (Å²) in [5, 5.41) is 20.8. The summed E-state index contributed by atoms with van der Waals surface area (Å²) in [6.45, 7) is 1.62. The minimum atomic E-state index is -0.938. The highest BCUT2D eigenvalue weighted by molar-refractivity contribution is 5.77. The number of carboxylic acid groups (broad SMARTS) is 2. The molecule has 0 aliphatic rings. The maximum absolute atomic E-state index is 12.2. The van der Waals surface area contributed by atoms with Crippen LogP contribution < -0.4 is 5.32 Å². The Morgan fingerprint density at radius 1 is 0.897 bits per heavy atom. The Kier molecular flexibility index (Phi) is 8.40. The molecule has 0 aromatic heterocycles. The minimum Gasteiger partial charge on any atom is -0.481 e. The van der Waals surface area contributed by atoms with Crippen LogP contribution in [0.3, 0.4) is 0 Å². The van der Waals surface area contributed by atoms with Crippen LogP contribution in [-0.2, 0) is 20.8 Å². The van der Waals surface area contributed by atoms with Crippen LogP contribution in [0.15, 0.2) is 54.6 Å². The number of amides is 1. The third-order valence-electron chi connectivity index (χ3n) is 4.76. The zero-order valence-electron chi connectivity index (χ0n) is 16.5. The van der Waals surface area contributed by atoms with Crippen molar-refractivity contribution in [3.8, 4) is 11.1 Å². The van der Waals surface area contributed by atoms with Crippen molar-refractivity contribution < 1.29 is 24.6 Å². The van der Waals surface area contributed by atoms with Gasteiger partial charge >= 0.3 is 11.9 Å². The first-order chi connectivity index (χ1) is 13.8. The fourth-order valence-electron chi connectivity index (χ4n) is 3.17. The van der Waals surface area contributed by atoms with Crippen molar-refractivity contribution in [1.82, 2.24) is 5.32 Å². The van der Waals surface area contributed by atoms with Crippen LogP contribution in [0.2, 0.25) is 0 Å². The van der Waals surface area contributed by atoms with E-state index in [9.17, 15) is 19.5 Å². The lowest BCUT2D eigenvalue weighted by molar-refractivity contribution is -0.142. The van der Waals surface area contributed by atoms with Crippen molar-refractivity contribution in [3.05, 3.63) is 60.2 Å². The molecule has 29 heavy (non-hydrogen) atoms. The Morgan fingerprint density at radius 3 is 2.10 bits per heavy atom. The van der Waals surface area contributed by atoms with Crippen LogP contribution in [0.5, 0.6) is 0 Å². The molecule has 2 atom stereocenters. The zero-order chi connectivity index (χ0) is 21.2. The van der Waals surface area contributed by atoms with E-state index in [1.165, 1.54) is 0 Å².